The Morgan fingerprint density at radius 1 is 0.795 bits per heavy atom. The smallest absolute Gasteiger partial charge is 0.253 e. The molecule has 3 aromatic carbocycles. The number of likely N-dealkylation sites (tertiary alicyclic amines) is 2. The van der Waals surface area contributed by atoms with E-state index in [1.54, 1.807) is 7.05 Å². The van der Waals surface area contributed by atoms with Crippen molar-refractivity contribution in [2.45, 2.75) is 130 Å². The maximum atomic E-state index is 14.3. The van der Waals surface area contributed by atoms with E-state index < -0.39 is 6.04 Å². The predicted octanol–water partition coefficient (Wildman–Crippen LogP) is 7.53. The molecule has 0 bridgehead atoms. The van der Waals surface area contributed by atoms with Crippen LogP contribution in [0, 0.1) is 32.6 Å². The van der Waals surface area contributed by atoms with Gasteiger partial charge < -0.3 is 59.3 Å². The molecule has 4 N–H and O–H groups in total. The number of fused-ring (bicyclic) bond motifs is 1. The number of pyridine rings is 1. The van der Waals surface area contributed by atoms with Crippen molar-refractivity contribution in [2.75, 3.05) is 97.5 Å². The third-order valence-electron chi connectivity index (χ3n) is 16.8. The van der Waals surface area contributed by atoms with Gasteiger partial charge in [-0.3, -0.25) is 19.2 Å². The zero-order valence-corrected chi connectivity index (χ0v) is 47.3. The van der Waals surface area contributed by atoms with Gasteiger partial charge in [0, 0.05) is 80.5 Å². The number of piperidine rings is 1. The molecule has 424 valence electrons. The minimum Gasteiger partial charge on any atom is -0.491 e. The molecule has 4 heterocycles. The molecule has 16 nitrogen and oxygen atoms in total. The minimum atomic E-state index is -0.445. The summed E-state index contributed by atoms with van der Waals surface area (Å²) in [5, 5.41) is 9.26. The van der Waals surface area contributed by atoms with E-state index in [2.05, 4.69) is 60.8 Å². The average molecular weight is 1070 g/mol. The van der Waals surface area contributed by atoms with E-state index in [4.69, 9.17) is 23.7 Å². The van der Waals surface area contributed by atoms with E-state index in [1.165, 1.54) is 12.0 Å². The highest BCUT2D eigenvalue weighted by Gasteiger charge is 2.44. The van der Waals surface area contributed by atoms with Crippen LogP contribution in [0.25, 0.3) is 11.1 Å². The minimum absolute atomic E-state index is 0.0959. The van der Waals surface area contributed by atoms with E-state index in [9.17, 15) is 19.2 Å². The monoisotopic (exact) mass is 1070 g/mol. The molecule has 3 saturated heterocycles. The van der Waals surface area contributed by atoms with Gasteiger partial charge in [-0.25, -0.2) is 0 Å². The Bertz CT molecular complexity index is 2630. The van der Waals surface area contributed by atoms with Crippen LogP contribution < -0.4 is 35.9 Å². The summed E-state index contributed by atoms with van der Waals surface area (Å²) in [7, 11) is 1.78. The van der Waals surface area contributed by atoms with Gasteiger partial charge in [-0.15, -0.1) is 0 Å². The molecule has 3 aliphatic heterocycles. The van der Waals surface area contributed by atoms with Crippen molar-refractivity contribution in [1.29, 1.82) is 0 Å². The van der Waals surface area contributed by atoms with Crippen LogP contribution in [-0.4, -0.2) is 149 Å². The van der Waals surface area contributed by atoms with Crippen molar-refractivity contribution in [3.05, 3.63) is 111 Å². The number of aryl methyl sites for hydroxylation is 2. The van der Waals surface area contributed by atoms with Crippen LogP contribution >= 0.6 is 0 Å². The predicted molar refractivity (Wildman–Crippen MR) is 306 cm³/mol. The second-order valence-electron chi connectivity index (χ2n) is 21.9. The molecular formula is C62H87N7O9. The lowest BCUT2D eigenvalue weighted by Gasteiger charge is -2.41. The maximum Gasteiger partial charge on any atom is 0.253 e. The summed E-state index contributed by atoms with van der Waals surface area (Å²) in [6.07, 6.45) is 10.3. The number of anilines is 1. The van der Waals surface area contributed by atoms with Gasteiger partial charge in [0.1, 0.15) is 30.8 Å². The van der Waals surface area contributed by atoms with Gasteiger partial charge in [0.2, 0.25) is 11.8 Å². The topological polar surface area (TPSA) is 176 Å². The van der Waals surface area contributed by atoms with Crippen LogP contribution in [0.1, 0.15) is 110 Å². The molecule has 0 radical (unpaired) electrons. The lowest BCUT2D eigenvalue weighted by molar-refractivity contribution is -0.140. The Kier molecular flexibility index (Phi) is 21.6. The van der Waals surface area contributed by atoms with Crippen LogP contribution in [0.4, 0.5) is 5.69 Å². The number of hydrogen-bond acceptors (Lipinski definition) is 12. The van der Waals surface area contributed by atoms with Crippen molar-refractivity contribution in [2.24, 2.45) is 11.8 Å². The molecule has 1 aliphatic carbocycles. The number of aromatic amines is 1. The largest absolute Gasteiger partial charge is 0.491 e. The van der Waals surface area contributed by atoms with Crippen LogP contribution in [-0.2, 0) is 36.8 Å². The average Bonchev–Trinajstić information content (AvgIpc) is 3.90. The van der Waals surface area contributed by atoms with Crippen molar-refractivity contribution in [3.8, 4) is 22.6 Å². The summed E-state index contributed by atoms with van der Waals surface area (Å²) in [4.78, 5) is 63.9. The van der Waals surface area contributed by atoms with Crippen LogP contribution in [0.5, 0.6) is 11.5 Å². The van der Waals surface area contributed by atoms with Crippen LogP contribution in [0.2, 0.25) is 0 Å². The fourth-order valence-corrected chi connectivity index (χ4v) is 12.0. The molecule has 78 heavy (non-hydrogen) atoms. The molecule has 4 aliphatic rings. The molecule has 1 saturated carbocycles. The van der Waals surface area contributed by atoms with E-state index in [0.29, 0.717) is 75.9 Å². The Morgan fingerprint density at radius 3 is 2.10 bits per heavy atom. The Hall–Kier alpha value is -5.78. The molecule has 8 rings (SSSR count). The highest BCUT2D eigenvalue weighted by Crippen LogP contribution is 2.37. The Balaban J connectivity index is 0.731. The Labute approximate surface area is 462 Å². The third-order valence-corrected chi connectivity index (χ3v) is 16.8. The third kappa shape index (κ3) is 15.5. The van der Waals surface area contributed by atoms with Gasteiger partial charge in [0.05, 0.1) is 32.5 Å². The van der Waals surface area contributed by atoms with Gasteiger partial charge in [-0.2, -0.15) is 0 Å². The number of carbonyl (C=O) groups excluding carboxylic acids is 3. The summed E-state index contributed by atoms with van der Waals surface area (Å²) in [5.41, 5.74) is 7.61. The van der Waals surface area contributed by atoms with Gasteiger partial charge in [-0.05, 0) is 175 Å². The number of hydrogen-bond donors (Lipinski definition) is 4. The summed E-state index contributed by atoms with van der Waals surface area (Å²) in [6, 6.07) is 22.0. The molecular weight excluding hydrogens is 987 g/mol. The van der Waals surface area contributed by atoms with Crippen LogP contribution in [0.15, 0.2) is 71.5 Å². The molecule has 4 fully saturated rings. The first-order valence-corrected chi connectivity index (χ1v) is 29.0. The molecule has 16 heteroatoms. The number of benzene rings is 3. The molecule has 3 amide bonds. The van der Waals surface area contributed by atoms with E-state index in [0.717, 1.165) is 136 Å². The first-order chi connectivity index (χ1) is 37.9. The van der Waals surface area contributed by atoms with Crippen molar-refractivity contribution >= 4 is 23.4 Å². The number of likely N-dealkylation sites (N-methyl/N-ethyl adjacent to an activating group) is 1. The van der Waals surface area contributed by atoms with E-state index >= 15 is 0 Å². The number of aromatic nitrogens is 1. The van der Waals surface area contributed by atoms with E-state index in [1.807, 2.05) is 76.2 Å². The first kappa shape index (κ1) is 58.4. The maximum absolute atomic E-state index is 14.3. The highest BCUT2D eigenvalue weighted by molar-refractivity contribution is 5.99. The summed E-state index contributed by atoms with van der Waals surface area (Å²) in [5.74, 6) is 2.05. The van der Waals surface area contributed by atoms with Crippen molar-refractivity contribution < 1.29 is 38.1 Å². The number of ether oxygens (including phenoxy) is 5. The Morgan fingerprint density at radius 2 is 1.45 bits per heavy atom. The van der Waals surface area contributed by atoms with Gasteiger partial charge in [-0.1, -0.05) is 43.5 Å². The number of H-pyrrole nitrogens is 1. The number of amides is 3. The van der Waals surface area contributed by atoms with Gasteiger partial charge >= 0.3 is 0 Å². The number of nitrogens with zero attached hydrogens (tertiary/aromatic N) is 3. The zero-order chi connectivity index (χ0) is 55.0. The number of nitrogens with one attached hydrogen (secondary N) is 4. The zero-order valence-electron chi connectivity index (χ0n) is 47.3. The highest BCUT2D eigenvalue weighted by atomic mass is 16.6. The van der Waals surface area contributed by atoms with Gasteiger partial charge in [0.15, 0.2) is 0 Å². The molecule has 4 atom stereocenters. The lowest BCUT2D eigenvalue weighted by atomic mass is 9.83. The van der Waals surface area contributed by atoms with Crippen molar-refractivity contribution in [3.63, 3.8) is 0 Å². The quantitative estimate of drug-likeness (QED) is 0.0456. The number of carbonyl (C=O) groups is 3. The van der Waals surface area contributed by atoms with Gasteiger partial charge in [0.25, 0.3) is 11.5 Å². The second-order valence-corrected chi connectivity index (χ2v) is 21.9. The standard InChI is InChI=1S/C62H87N7O9/c1-7-68(51-24-29-74-30-25-51)56-39-50(38-54(44(56)4)60(71)64-40-55-42(2)37-43(3)65-61(55)72)47-15-19-53(20-16-47)78-36-34-76-32-31-75-33-35-77-52-17-13-46(14-18-52)21-26-67-27-22-48-23-28-69(57(48)41-67)62(73)58(49-11-9-8-10-12-49)66-59(70)45(5)63-6/h13-20,37-39,45,48-49,51,57-58,63H,7-12,21-36,40-41H2,1-6H3,(H,64,71)(H,65,72)(H,66,70)/t45-,48+,57+,58-/m0/s1. The fourth-order valence-electron chi connectivity index (χ4n) is 12.0. The summed E-state index contributed by atoms with van der Waals surface area (Å²) >= 11 is 0. The molecule has 1 aromatic heterocycles. The lowest BCUT2D eigenvalue weighted by Crippen LogP contribution is -2.58. The molecule has 4 aromatic rings. The second kappa shape index (κ2) is 28.9. The van der Waals surface area contributed by atoms with E-state index in [-0.39, 0.29) is 47.8 Å². The fraction of sp³-hybridized carbons (Fsp3) is 0.581. The van der Waals surface area contributed by atoms with Crippen LogP contribution in [0.3, 0.4) is 0 Å². The number of rotatable bonds is 26. The SMILES string of the molecule is CCN(c1cc(-c2ccc(OCCOCCOCCOc3ccc(CCN4CC[C@@H]5CCN(C(=O)[C@@H](NC(=O)[C@H](C)NC)C6CCCCC6)[C@@H]5C4)cc3)cc2)cc(C(=O)NCc2c(C)cc(C)[nH]c2=O)c1C)C1CCOCC1. The molecule has 0 unspecified atom stereocenters. The first-order valence-electron chi connectivity index (χ1n) is 29.0. The normalized spacial score (nSPS) is 19.0. The molecule has 0 spiro atoms. The van der Waals surface area contributed by atoms with Crippen molar-refractivity contribution in [1.82, 2.24) is 30.7 Å². The summed E-state index contributed by atoms with van der Waals surface area (Å²) in [6.45, 7) is 18.3. The summed E-state index contributed by atoms with van der Waals surface area (Å²) < 4.78 is 29.3.